The second kappa shape index (κ2) is 5.56. The second-order valence-corrected chi connectivity index (χ2v) is 4.33. The number of aromatic nitrogens is 5. The third-order valence-corrected chi connectivity index (χ3v) is 2.72. The smallest absolute Gasteiger partial charge is 0.256 e. The summed E-state index contributed by atoms with van der Waals surface area (Å²) in [6, 6.07) is 10.8. The summed E-state index contributed by atoms with van der Waals surface area (Å²) in [5, 5.41) is 16.0. The van der Waals surface area contributed by atoms with Crippen molar-refractivity contribution in [2.45, 2.75) is 0 Å². The van der Waals surface area contributed by atoms with Crippen molar-refractivity contribution < 1.29 is 0 Å². The fraction of sp³-hybridized carbons (Fsp3) is 0. The van der Waals surface area contributed by atoms with Crippen LogP contribution in [-0.2, 0) is 0 Å². The van der Waals surface area contributed by atoms with E-state index in [9.17, 15) is 0 Å². The molecule has 0 saturated heterocycles. The Balaban J connectivity index is 1.94. The van der Waals surface area contributed by atoms with Gasteiger partial charge in [-0.3, -0.25) is 0 Å². The molecule has 0 radical (unpaired) electrons. The number of anilines is 2. The minimum absolute atomic E-state index is 0.0504. The molecular formula is C13H8ClN7. The number of hydrogen-bond donors (Lipinski definition) is 1. The average molecular weight is 298 g/mol. The third kappa shape index (κ3) is 2.96. The first kappa shape index (κ1) is 13.0. The van der Waals surface area contributed by atoms with Crippen LogP contribution < -0.4 is 5.32 Å². The molecular weight excluding hydrogens is 290 g/mol. The maximum absolute atomic E-state index is 8.89. The van der Waals surface area contributed by atoms with Crippen LogP contribution in [0.4, 0.5) is 11.6 Å². The van der Waals surface area contributed by atoms with Crippen LogP contribution >= 0.6 is 11.6 Å². The highest BCUT2D eigenvalue weighted by Gasteiger charge is 2.07. The van der Waals surface area contributed by atoms with Crippen LogP contribution in [0.25, 0.3) is 5.95 Å². The minimum atomic E-state index is 0.0504. The number of rotatable bonds is 3. The molecule has 2 aromatic heterocycles. The number of nitrogens with zero attached hydrogens (tertiary/aromatic N) is 6. The SMILES string of the molecule is N#Cc1cccc(Nc2nc(Cl)nc(-n3cccn3)n2)c1. The van der Waals surface area contributed by atoms with Gasteiger partial charge in [-0.15, -0.1) is 0 Å². The van der Waals surface area contributed by atoms with E-state index in [1.165, 1.54) is 4.68 Å². The summed E-state index contributed by atoms with van der Waals surface area (Å²) >= 11 is 5.90. The molecule has 0 aliphatic heterocycles. The van der Waals surface area contributed by atoms with Gasteiger partial charge in [0.2, 0.25) is 11.2 Å². The summed E-state index contributed by atoms with van der Waals surface area (Å²) in [6.45, 7) is 0. The molecule has 0 fully saturated rings. The molecule has 0 unspecified atom stereocenters. The summed E-state index contributed by atoms with van der Waals surface area (Å²) < 4.78 is 1.48. The van der Waals surface area contributed by atoms with Gasteiger partial charge >= 0.3 is 0 Å². The molecule has 0 aliphatic rings. The minimum Gasteiger partial charge on any atom is -0.324 e. The number of nitriles is 1. The Morgan fingerprint density at radius 1 is 1.19 bits per heavy atom. The predicted molar refractivity (Wildman–Crippen MR) is 76.4 cm³/mol. The highest BCUT2D eigenvalue weighted by atomic mass is 35.5. The van der Waals surface area contributed by atoms with E-state index in [-0.39, 0.29) is 11.2 Å². The van der Waals surface area contributed by atoms with Gasteiger partial charge in [-0.25, -0.2) is 4.68 Å². The van der Waals surface area contributed by atoms with Crippen molar-refractivity contribution in [3.05, 3.63) is 53.6 Å². The molecule has 102 valence electrons. The Morgan fingerprint density at radius 3 is 2.86 bits per heavy atom. The van der Waals surface area contributed by atoms with Gasteiger partial charge < -0.3 is 5.32 Å². The topological polar surface area (TPSA) is 92.3 Å². The van der Waals surface area contributed by atoms with Gasteiger partial charge in [-0.2, -0.15) is 25.3 Å². The molecule has 0 bridgehead atoms. The zero-order chi connectivity index (χ0) is 14.7. The van der Waals surface area contributed by atoms with E-state index in [4.69, 9.17) is 16.9 Å². The van der Waals surface area contributed by atoms with Crippen molar-refractivity contribution in [2.75, 3.05) is 5.32 Å². The molecule has 3 aromatic rings. The van der Waals surface area contributed by atoms with Crippen molar-refractivity contribution in [3.8, 4) is 12.0 Å². The van der Waals surface area contributed by atoms with E-state index >= 15 is 0 Å². The van der Waals surface area contributed by atoms with Gasteiger partial charge in [0.15, 0.2) is 0 Å². The Kier molecular flexibility index (Phi) is 3.45. The summed E-state index contributed by atoms with van der Waals surface area (Å²) in [7, 11) is 0. The second-order valence-electron chi connectivity index (χ2n) is 4.00. The maximum Gasteiger partial charge on any atom is 0.256 e. The Hall–Kier alpha value is -2.98. The summed E-state index contributed by atoms with van der Waals surface area (Å²) in [4.78, 5) is 12.2. The summed E-state index contributed by atoms with van der Waals surface area (Å²) in [5.74, 6) is 0.578. The summed E-state index contributed by atoms with van der Waals surface area (Å²) in [6.07, 6.45) is 3.31. The van der Waals surface area contributed by atoms with Crippen LogP contribution in [0.5, 0.6) is 0 Å². The van der Waals surface area contributed by atoms with Gasteiger partial charge in [0.1, 0.15) is 0 Å². The predicted octanol–water partition coefficient (Wildman–Crippen LogP) is 2.33. The van der Waals surface area contributed by atoms with E-state index in [0.717, 1.165) is 0 Å². The Morgan fingerprint density at radius 2 is 2.10 bits per heavy atom. The Bertz CT molecular complexity index is 808. The monoisotopic (exact) mass is 297 g/mol. The highest BCUT2D eigenvalue weighted by Crippen LogP contribution is 2.16. The average Bonchev–Trinajstić information content (AvgIpc) is 3.01. The Labute approximate surface area is 124 Å². The lowest BCUT2D eigenvalue weighted by atomic mass is 10.2. The van der Waals surface area contributed by atoms with E-state index in [1.807, 2.05) is 0 Å². The van der Waals surface area contributed by atoms with Crippen LogP contribution in [-0.4, -0.2) is 24.7 Å². The van der Waals surface area contributed by atoms with E-state index < -0.39 is 0 Å². The normalized spacial score (nSPS) is 10.1. The van der Waals surface area contributed by atoms with Gasteiger partial charge in [0.05, 0.1) is 11.6 Å². The van der Waals surface area contributed by atoms with Crippen molar-refractivity contribution in [1.82, 2.24) is 24.7 Å². The van der Waals surface area contributed by atoms with Crippen LogP contribution in [0.2, 0.25) is 5.28 Å². The number of benzene rings is 1. The van der Waals surface area contributed by atoms with Crippen molar-refractivity contribution in [1.29, 1.82) is 5.26 Å². The first-order chi connectivity index (χ1) is 10.2. The van der Waals surface area contributed by atoms with Gasteiger partial charge in [-0.1, -0.05) is 6.07 Å². The summed E-state index contributed by atoms with van der Waals surface area (Å²) in [5.41, 5.74) is 1.22. The van der Waals surface area contributed by atoms with Crippen molar-refractivity contribution >= 4 is 23.2 Å². The molecule has 1 N–H and O–H groups in total. The lowest BCUT2D eigenvalue weighted by Gasteiger charge is -2.06. The van der Waals surface area contributed by atoms with Crippen LogP contribution in [0.3, 0.4) is 0 Å². The number of nitrogens with one attached hydrogen (secondary N) is 1. The molecule has 7 nitrogen and oxygen atoms in total. The molecule has 0 aliphatic carbocycles. The van der Waals surface area contributed by atoms with Crippen LogP contribution in [0.15, 0.2) is 42.7 Å². The fourth-order valence-corrected chi connectivity index (χ4v) is 1.84. The molecule has 0 amide bonds. The van der Waals surface area contributed by atoms with E-state index in [0.29, 0.717) is 17.2 Å². The van der Waals surface area contributed by atoms with Gasteiger partial charge in [-0.05, 0) is 35.9 Å². The standard InChI is InChI=1S/C13H8ClN7/c14-11-18-12(17-10-4-1-3-9(7-10)8-15)20-13(19-11)21-6-2-5-16-21/h1-7H,(H,17,18,19,20). The van der Waals surface area contributed by atoms with Crippen LogP contribution in [0.1, 0.15) is 5.56 Å². The number of halogens is 1. The fourth-order valence-electron chi connectivity index (χ4n) is 1.68. The van der Waals surface area contributed by atoms with E-state index in [2.05, 4.69) is 31.4 Å². The molecule has 1 aromatic carbocycles. The largest absolute Gasteiger partial charge is 0.324 e. The third-order valence-electron chi connectivity index (χ3n) is 2.55. The molecule has 21 heavy (non-hydrogen) atoms. The molecule has 2 heterocycles. The maximum atomic E-state index is 8.89. The lowest BCUT2D eigenvalue weighted by Crippen LogP contribution is -2.06. The molecule has 0 spiro atoms. The highest BCUT2D eigenvalue weighted by molar-refractivity contribution is 6.28. The van der Waals surface area contributed by atoms with E-state index in [1.54, 1.807) is 42.7 Å². The molecule has 0 atom stereocenters. The van der Waals surface area contributed by atoms with Crippen molar-refractivity contribution in [3.63, 3.8) is 0 Å². The first-order valence-electron chi connectivity index (χ1n) is 5.93. The first-order valence-corrected chi connectivity index (χ1v) is 6.31. The zero-order valence-corrected chi connectivity index (χ0v) is 11.4. The molecule has 3 rings (SSSR count). The van der Waals surface area contributed by atoms with Gasteiger partial charge in [0.25, 0.3) is 5.95 Å². The molecule has 0 saturated carbocycles. The number of hydrogen-bond acceptors (Lipinski definition) is 6. The zero-order valence-electron chi connectivity index (χ0n) is 10.6. The van der Waals surface area contributed by atoms with Crippen molar-refractivity contribution in [2.24, 2.45) is 0 Å². The lowest BCUT2D eigenvalue weighted by molar-refractivity contribution is 0.798. The molecule has 8 heteroatoms. The van der Waals surface area contributed by atoms with Crippen LogP contribution in [0, 0.1) is 11.3 Å². The quantitative estimate of drug-likeness (QED) is 0.797. The van der Waals surface area contributed by atoms with Gasteiger partial charge in [0, 0.05) is 18.1 Å².